The van der Waals surface area contributed by atoms with Crippen molar-refractivity contribution in [1.82, 2.24) is 5.32 Å². The summed E-state index contributed by atoms with van der Waals surface area (Å²) >= 11 is 0. The van der Waals surface area contributed by atoms with Gasteiger partial charge < -0.3 is 29.7 Å². The van der Waals surface area contributed by atoms with Gasteiger partial charge in [-0.1, -0.05) is 53.6 Å². The molecule has 4 aliphatic carbocycles. The predicted octanol–water partition coefficient (Wildman–Crippen LogP) is 7.80. The van der Waals surface area contributed by atoms with Gasteiger partial charge in [-0.2, -0.15) is 0 Å². The number of carbonyl (C=O) groups is 3. The van der Waals surface area contributed by atoms with Gasteiger partial charge in [-0.05, 0) is 93.2 Å². The second-order valence-corrected chi connectivity index (χ2v) is 18.7. The number of Topliss-reactive ketones (excluding diaryl/α,β-unsaturated/α-hetero) is 2. The molecule has 10 nitrogen and oxygen atoms in total. The first-order valence-corrected chi connectivity index (χ1v) is 21.0. The number of ether oxygens (including phenoxy) is 3. The fourth-order valence-electron chi connectivity index (χ4n) is 11.4. The number of fused-ring (bicyclic) bond motifs is 6. The van der Waals surface area contributed by atoms with E-state index in [1.54, 1.807) is 13.0 Å². The Morgan fingerprint density at radius 2 is 1.71 bits per heavy atom. The number of amides is 1. The maximum absolute atomic E-state index is 15.6. The van der Waals surface area contributed by atoms with Gasteiger partial charge in [-0.15, -0.1) is 0 Å². The molecule has 10 rings (SSSR count). The van der Waals surface area contributed by atoms with Crippen LogP contribution in [0.5, 0.6) is 17.2 Å². The Morgan fingerprint density at radius 3 is 2.42 bits per heavy atom. The fraction of sp³-hybridized carbons (Fsp3) is 0.469. The van der Waals surface area contributed by atoms with E-state index in [1.807, 2.05) is 64.1 Å². The lowest BCUT2D eigenvalue weighted by Crippen LogP contribution is -2.75. The minimum atomic E-state index is -1.60. The molecule has 4 aliphatic heterocycles. The average Bonchev–Trinajstić information content (AvgIpc) is 3.55. The average molecular weight is 799 g/mol. The summed E-state index contributed by atoms with van der Waals surface area (Å²) in [6.07, 6.45) is 12.4. The standard InChI is InChI=1S/C49H54N2O8/c1-25(2)12-11-19-47(8)20-18-30-41(54)36-39-37-34(35-38(51-39)28-13-9-10-14-29(28)40(35)53)32-24-33-46(6,7)59-48(44(32)55,21-17-27(5)45(56)50-22-23-52)49(33,37)58-43(36)31(42(30)57-47)16-15-26(3)4/h9-10,12-15,17-18,20,32-35,52,54H,11,16,19,21-24H2,1-8H3,(H,50,56)/b27-17-. The lowest BCUT2D eigenvalue weighted by atomic mass is 9.43. The third-order valence-electron chi connectivity index (χ3n) is 14.0. The third-order valence-corrected chi connectivity index (χ3v) is 14.0. The number of allylic oxidation sites excluding steroid dienone is 4. The van der Waals surface area contributed by atoms with Crippen LogP contribution in [0.1, 0.15) is 114 Å². The van der Waals surface area contributed by atoms with Crippen LogP contribution >= 0.6 is 0 Å². The Morgan fingerprint density at radius 1 is 0.983 bits per heavy atom. The van der Waals surface area contributed by atoms with Gasteiger partial charge in [0.15, 0.2) is 22.8 Å². The molecule has 7 unspecified atom stereocenters. The molecule has 2 aromatic carbocycles. The second kappa shape index (κ2) is 13.5. The number of benzene rings is 2. The van der Waals surface area contributed by atoms with E-state index < -0.39 is 40.2 Å². The SMILES string of the molecule is CC(C)=CCCC1(C)C=Cc2c(O)c3c(c(CC=C(C)C)c2O1)OC12C4=C3N=C3c5ccccc5C(=O)C3C4C3CC1C(C)(C)OC2(C/C=C(/C)C(=O)NCCO)C3=O. The van der Waals surface area contributed by atoms with Crippen molar-refractivity contribution in [2.45, 2.75) is 110 Å². The van der Waals surface area contributed by atoms with Gasteiger partial charge in [0.05, 0.1) is 40.7 Å². The highest BCUT2D eigenvalue weighted by Crippen LogP contribution is 2.74. The molecule has 4 bridgehead atoms. The lowest BCUT2D eigenvalue weighted by Gasteiger charge is -2.62. The van der Waals surface area contributed by atoms with Crippen molar-refractivity contribution in [2.75, 3.05) is 13.2 Å². The molecular formula is C49H54N2O8. The van der Waals surface area contributed by atoms with E-state index in [0.29, 0.717) is 64.4 Å². The first kappa shape index (κ1) is 39.4. The molecule has 3 N–H and O–H groups in total. The van der Waals surface area contributed by atoms with Crippen molar-refractivity contribution in [3.8, 4) is 17.2 Å². The van der Waals surface area contributed by atoms with Crippen LogP contribution in [0.3, 0.4) is 0 Å². The molecule has 8 aliphatic rings. The molecule has 0 radical (unpaired) electrons. The number of rotatable bonds is 10. The van der Waals surface area contributed by atoms with Gasteiger partial charge in [0, 0.05) is 58.6 Å². The van der Waals surface area contributed by atoms with E-state index >= 15 is 4.79 Å². The molecule has 4 heterocycles. The Balaban J connectivity index is 1.34. The van der Waals surface area contributed by atoms with Crippen molar-refractivity contribution in [3.63, 3.8) is 0 Å². The number of aliphatic hydroxyl groups is 1. The van der Waals surface area contributed by atoms with Crippen molar-refractivity contribution < 1.29 is 38.8 Å². The van der Waals surface area contributed by atoms with E-state index in [1.165, 1.54) is 5.57 Å². The third kappa shape index (κ3) is 5.44. The highest BCUT2D eigenvalue weighted by atomic mass is 16.6. The zero-order valence-electron chi connectivity index (χ0n) is 35.2. The fourth-order valence-corrected chi connectivity index (χ4v) is 11.4. The summed E-state index contributed by atoms with van der Waals surface area (Å²) in [6, 6.07) is 7.50. The van der Waals surface area contributed by atoms with Gasteiger partial charge in [-0.25, -0.2) is 0 Å². The summed E-state index contributed by atoms with van der Waals surface area (Å²) in [6.45, 7) is 15.8. The molecule has 1 spiro atoms. The molecular weight excluding hydrogens is 745 g/mol. The molecule has 1 amide bonds. The molecule has 10 heteroatoms. The van der Waals surface area contributed by atoms with Gasteiger partial charge in [0.1, 0.15) is 22.8 Å². The summed E-state index contributed by atoms with van der Waals surface area (Å²) in [5.41, 5.74) is 2.94. The number of aromatic hydroxyl groups is 1. The van der Waals surface area contributed by atoms with Crippen LogP contribution in [0.25, 0.3) is 11.8 Å². The van der Waals surface area contributed by atoms with Gasteiger partial charge in [-0.3, -0.25) is 19.4 Å². The smallest absolute Gasteiger partial charge is 0.246 e. The number of hydrogen-bond donors (Lipinski definition) is 3. The van der Waals surface area contributed by atoms with E-state index in [9.17, 15) is 19.8 Å². The Labute approximate surface area is 345 Å². The number of nitrogens with one attached hydrogen (secondary N) is 1. The van der Waals surface area contributed by atoms with Crippen molar-refractivity contribution in [3.05, 3.63) is 98.7 Å². The zero-order valence-corrected chi connectivity index (χ0v) is 35.2. The van der Waals surface area contributed by atoms with Crippen LogP contribution < -0.4 is 14.8 Å². The molecule has 4 fully saturated rings. The first-order valence-electron chi connectivity index (χ1n) is 21.0. The maximum Gasteiger partial charge on any atom is 0.246 e. The van der Waals surface area contributed by atoms with Crippen LogP contribution in [-0.2, 0) is 20.7 Å². The van der Waals surface area contributed by atoms with E-state index in [0.717, 1.165) is 28.7 Å². The van der Waals surface area contributed by atoms with Crippen molar-refractivity contribution >= 4 is 35.0 Å². The molecule has 0 aromatic heterocycles. The van der Waals surface area contributed by atoms with Crippen molar-refractivity contribution in [1.29, 1.82) is 0 Å². The number of phenolic OH excluding ortho intramolecular Hbond substituents is 1. The molecule has 2 aromatic rings. The largest absolute Gasteiger partial charge is 0.506 e. The molecule has 7 atom stereocenters. The normalized spacial score (nSPS) is 30.9. The van der Waals surface area contributed by atoms with E-state index in [-0.39, 0.29) is 48.7 Å². The number of carbonyl (C=O) groups excluding carboxylic acids is 3. The second-order valence-electron chi connectivity index (χ2n) is 18.7. The Bertz CT molecular complexity index is 2440. The highest BCUT2D eigenvalue weighted by molar-refractivity contribution is 6.31. The van der Waals surface area contributed by atoms with Gasteiger partial charge in [0.25, 0.3) is 0 Å². The topological polar surface area (TPSA) is 144 Å². The number of nitrogens with zero attached hydrogens (tertiary/aromatic N) is 1. The lowest BCUT2D eigenvalue weighted by molar-refractivity contribution is -0.182. The summed E-state index contributed by atoms with van der Waals surface area (Å²) in [7, 11) is 0. The minimum absolute atomic E-state index is 0.0246. The predicted molar refractivity (Wildman–Crippen MR) is 226 cm³/mol. The number of phenols is 1. The van der Waals surface area contributed by atoms with E-state index in [2.05, 4.69) is 38.2 Å². The number of hydrogen-bond acceptors (Lipinski definition) is 9. The summed E-state index contributed by atoms with van der Waals surface area (Å²) < 4.78 is 21.9. The molecule has 1 saturated heterocycles. The van der Waals surface area contributed by atoms with Crippen LogP contribution in [0.2, 0.25) is 0 Å². The van der Waals surface area contributed by atoms with Crippen LogP contribution in [-0.4, -0.2) is 69.0 Å². The molecule has 308 valence electrons. The van der Waals surface area contributed by atoms with Gasteiger partial charge in [0.2, 0.25) is 5.91 Å². The summed E-state index contributed by atoms with van der Waals surface area (Å²) in [4.78, 5) is 48.8. The number of aliphatic hydroxyl groups excluding tert-OH is 1. The molecule has 59 heavy (non-hydrogen) atoms. The maximum atomic E-state index is 15.6. The van der Waals surface area contributed by atoms with Gasteiger partial charge >= 0.3 is 0 Å². The summed E-state index contributed by atoms with van der Waals surface area (Å²) in [5, 5.41) is 24.8. The number of ketones is 2. The van der Waals surface area contributed by atoms with Crippen LogP contribution in [0.4, 0.5) is 0 Å². The first-order chi connectivity index (χ1) is 28.0. The highest BCUT2D eigenvalue weighted by Gasteiger charge is 2.84. The number of aliphatic imine (C=N–C) groups is 1. The minimum Gasteiger partial charge on any atom is -0.506 e. The monoisotopic (exact) mass is 798 g/mol. The zero-order chi connectivity index (χ0) is 42.0. The Kier molecular flexibility index (Phi) is 9.00. The van der Waals surface area contributed by atoms with Crippen molar-refractivity contribution in [2.24, 2.45) is 28.7 Å². The molecule has 3 saturated carbocycles. The summed E-state index contributed by atoms with van der Waals surface area (Å²) in [5.74, 6) is -1.96. The quantitative estimate of drug-likeness (QED) is 0.163. The van der Waals surface area contributed by atoms with Crippen LogP contribution in [0.15, 0.2) is 75.9 Å². The van der Waals surface area contributed by atoms with E-state index in [4.69, 9.17) is 19.2 Å². The Hall–Kier alpha value is -5.06. The van der Waals surface area contributed by atoms with Crippen LogP contribution in [0, 0.1) is 23.7 Å².